The molecule has 21 heavy (non-hydrogen) atoms. The molecule has 8 heteroatoms. The number of sulfonamides is 1. The molecule has 112 valence electrons. The lowest BCUT2D eigenvalue weighted by molar-refractivity contribution is 0.0696. The maximum atomic E-state index is 12.3. The molecule has 0 atom stereocenters. The second kappa shape index (κ2) is 5.78. The van der Waals surface area contributed by atoms with E-state index in [1.165, 1.54) is 29.5 Å². The van der Waals surface area contributed by atoms with Crippen LogP contribution in [0.3, 0.4) is 0 Å². The van der Waals surface area contributed by atoms with Gasteiger partial charge in [-0.2, -0.15) is 0 Å². The van der Waals surface area contributed by atoms with Gasteiger partial charge in [0.25, 0.3) is 10.0 Å². The summed E-state index contributed by atoms with van der Waals surface area (Å²) in [5.74, 6) is -1.13. The maximum Gasteiger partial charge on any atom is 0.336 e. The van der Waals surface area contributed by atoms with Gasteiger partial charge in [0.2, 0.25) is 0 Å². The van der Waals surface area contributed by atoms with Crippen LogP contribution in [0.15, 0.2) is 33.6 Å². The summed E-state index contributed by atoms with van der Waals surface area (Å²) >= 11 is 4.51. The van der Waals surface area contributed by atoms with Crippen LogP contribution in [0.2, 0.25) is 0 Å². The number of rotatable bonds is 4. The summed E-state index contributed by atoms with van der Waals surface area (Å²) < 4.78 is 27.5. The Morgan fingerprint density at radius 1 is 1.29 bits per heavy atom. The highest BCUT2D eigenvalue weighted by Gasteiger charge is 2.20. The predicted octanol–water partition coefficient (Wildman–Crippen LogP) is 3.63. The number of anilines is 1. The van der Waals surface area contributed by atoms with Crippen LogP contribution in [-0.4, -0.2) is 19.5 Å². The Morgan fingerprint density at radius 3 is 2.48 bits per heavy atom. The van der Waals surface area contributed by atoms with Crippen molar-refractivity contribution in [3.63, 3.8) is 0 Å². The van der Waals surface area contributed by atoms with E-state index in [4.69, 9.17) is 5.11 Å². The molecular formula is C13H12BrNO4S2. The van der Waals surface area contributed by atoms with Gasteiger partial charge in [-0.3, -0.25) is 4.72 Å². The number of carbonyl (C=O) groups is 1. The molecule has 0 aliphatic rings. The third kappa shape index (κ3) is 3.45. The van der Waals surface area contributed by atoms with E-state index < -0.39 is 16.0 Å². The lowest BCUT2D eigenvalue weighted by Crippen LogP contribution is -2.13. The minimum atomic E-state index is -3.73. The molecule has 0 unspecified atom stereocenters. The van der Waals surface area contributed by atoms with Crippen molar-refractivity contribution in [1.29, 1.82) is 0 Å². The molecule has 1 heterocycles. The highest BCUT2D eigenvalue weighted by molar-refractivity contribution is 9.10. The number of benzene rings is 1. The van der Waals surface area contributed by atoms with Gasteiger partial charge in [-0.1, -0.05) is 0 Å². The second-order valence-corrected chi connectivity index (χ2v) is 8.35. The number of carboxylic acids is 1. The van der Waals surface area contributed by atoms with Crippen molar-refractivity contribution < 1.29 is 18.3 Å². The Bertz CT molecular complexity index is 812. The maximum absolute atomic E-state index is 12.3. The molecule has 0 radical (unpaired) electrons. The fourth-order valence-corrected chi connectivity index (χ4v) is 4.86. The zero-order chi connectivity index (χ0) is 15.8. The Hall–Kier alpha value is -1.38. The van der Waals surface area contributed by atoms with E-state index in [9.17, 15) is 13.2 Å². The zero-order valence-electron chi connectivity index (χ0n) is 11.2. The van der Waals surface area contributed by atoms with Crippen molar-refractivity contribution in [2.24, 2.45) is 0 Å². The summed E-state index contributed by atoms with van der Waals surface area (Å²) in [6, 6.07) is 5.87. The molecule has 2 aromatic rings. The van der Waals surface area contributed by atoms with Gasteiger partial charge in [-0.25, -0.2) is 13.2 Å². The molecule has 0 bridgehead atoms. The normalized spacial score (nSPS) is 11.4. The number of nitrogens with one attached hydrogen (secondary N) is 1. The van der Waals surface area contributed by atoms with Crippen molar-refractivity contribution in [2.75, 3.05) is 4.72 Å². The first kappa shape index (κ1) is 16.0. The number of halogens is 1. The lowest BCUT2D eigenvalue weighted by Gasteiger charge is -2.09. The second-order valence-electron chi connectivity index (χ2n) is 4.38. The Labute approximate surface area is 134 Å². The van der Waals surface area contributed by atoms with Gasteiger partial charge in [-0.15, -0.1) is 11.3 Å². The molecule has 0 amide bonds. The monoisotopic (exact) mass is 389 g/mol. The minimum Gasteiger partial charge on any atom is -0.478 e. The molecule has 1 aromatic heterocycles. The zero-order valence-corrected chi connectivity index (χ0v) is 14.4. The first-order valence-electron chi connectivity index (χ1n) is 5.83. The van der Waals surface area contributed by atoms with E-state index in [0.717, 1.165) is 4.88 Å². The van der Waals surface area contributed by atoms with Crippen LogP contribution in [0.25, 0.3) is 0 Å². The summed E-state index contributed by atoms with van der Waals surface area (Å²) in [6.07, 6.45) is 0. The number of hydrogen-bond acceptors (Lipinski definition) is 4. The Kier molecular flexibility index (Phi) is 4.40. The fourth-order valence-electron chi connectivity index (χ4n) is 1.84. The van der Waals surface area contributed by atoms with Crippen LogP contribution in [0.5, 0.6) is 0 Å². The van der Waals surface area contributed by atoms with E-state index in [1.807, 2.05) is 6.92 Å². The van der Waals surface area contributed by atoms with Gasteiger partial charge in [0.05, 0.1) is 5.56 Å². The standard InChI is InChI=1S/C13H12BrNO4S2/c1-7-5-12(8(2)20-7)21(18,19)15-9-3-4-11(14)10(6-9)13(16)17/h3-6,15H,1-2H3,(H,16,17). The van der Waals surface area contributed by atoms with E-state index in [2.05, 4.69) is 20.7 Å². The highest BCUT2D eigenvalue weighted by atomic mass is 79.9. The van der Waals surface area contributed by atoms with Crippen molar-refractivity contribution in [1.82, 2.24) is 0 Å². The van der Waals surface area contributed by atoms with Gasteiger partial charge in [-0.05, 0) is 54.0 Å². The summed E-state index contributed by atoms with van der Waals surface area (Å²) in [6.45, 7) is 3.56. The fraction of sp³-hybridized carbons (Fsp3) is 0.154. The van der Waals surface area contributed by atoms with Crippen molar-refractivity contribution in [2.45, 2.75) is 18.7 Å². The van der Waals surface area contributed by atoms with Gasteiger partial charge in [0.15, 0.2) is 0 Å². The van der Waals surface area contributed by atoms with Gasteiger partial charge < -0.3 is 5.11 Å². The lowest BCUT2D eigenvalue weighted by atomic mass is 10.2. The number of thiophene rings is 1. The molecular weight excluding hydrogens is 378 g/mol. The summed E-state index contributed by atoms with van der Waals surface area (Å²) in [4.78, 5) is 12.9. The number of hydrogen-bond donors (Lipinski definition) is 2. The molecule has 0 spiro atoms. The van der Waals surface area contributed by atoms with E-state index in [-0.39, 0.29) is 16.1 Å². The first-order chi connectivity index (χ1) is 9.70. The quantitative estimate of drug-likeness (QED) is 0.835. The predicted molar refractivity (Wildman–Crippen MR) is 85.7 cm³/mol. The SMILES string of the molecule is Cc1cc(S(=O)(=O)Nc2ccc(Br)c(C(=O)O)c2)c(C)s1. The molecule has 0 saturated heterocycles. The van der Waals surface area contributed by atoms with E-state index >= 15 is 0 Å². The minimum absolute atomic E-state index is 0.00609. The van der Waals surface area contributed by atoms with Gasteiger partial charge in [0.1, 0.15) is 4.90 Å². The topological polar surface area (TPSA) is 83.5 Å². The van der Waals surface area contributed by atoms with Crippen molar-refractivity contribution >= 4 is 48.9 Å². The third-order valence-electron chi connectivity index (χ3n) is 2.73. The van der Waals surface area contributed by atoms with E-state index in [0.29, 0.717) is 9.35 Å². The first-order valence-corrected chi connectivity index (χ1v) is 8.92. The van der Waals surface area contributed by atoms with Crippen LogP contribution in [0, 0.1) is 13.8 Å². The molecule has 0 aliphatic heterocycles. The van der Waals surface area contributed by atoms with Gasteiger partial charge in [0, 0.05) is 19.9 Å². The molecule has 5 nitrogen and oxygen atoms in total. The highest BCUT2D eigenvalue weighted by Crippen LogP contribution is 2.28. The smallest absolute Gasteiger partial charge is 0.336 e. The number of aromatic carboxylic acids is 1. The van der Waals surface area contributed by atoms with Gasteiger partial charge >= 0.3 is 5.97 Å². The number of aryl methyl sites for hydroxylation is 2. The van der Waals surface area contributed by atoms with Crippen molar-refractivity contribution in [3.05, 3.63) is 44.1 Å². The van der Waals surface area contributed by atoms with E-state index in [1.54, 1.807) is 13.0 Å². The third-order valence-corrected chi connectivity index (χ3v) is 6.03. The van der Waals surface area contributed by atoms with Crippen LogP contribution in [0.1, 0.15) is 20.1 Å². The summed E-state index contributed by atoms with van der Waals surface area (Å²) in [5, 5.41) is 9.05. The summed E-state index contributed by atoms with van der Waals surface area (Å²) in [5.41, 5.74) is 0.201. The van der Waals surface area contributed by atoms with Crippen molar-refractivity contribution in [3.8, 4) is 0 Å². The molecule has 1 aromatic carbocycles. The number of carboxylic acid groups (broad SMARTS) is 1. The largest absolute Gasteiger partial charge is 0.478 e. The Balaban J connectivity index is 2.40. The molecule has 0 aliphatic carbocycles. The molecule has 0 fully saturated rings. The van der Waals surface area contributed by atoms with Crippen LogP contribution in [0.4, 0.5) is 5.69 Å². The molecule has 2 N–H and O–H groups in total. The van der Waals surface area contributed by atoms with Crippen LogP contribution in [-0.2, 0) is 10.0 Å². The Morgan fingerprint density at radius 2 is 1.95 bits per heavy atom. The molecule has 2 rings (SSSR count). The average Bonchev–Trinajstić information content (AvgIpc) is 2.71. The van der Waals surface area contributed by atoms with Crippen LogP contribution >= 0.6 is 27.3 Å². The average molecular weight is 390 g/mol. The van der Waals surface area contributed by atoms with Crippen LogP contribution < -0.4 is 4.72 Å². The molecule has 0 saturated carbocycles. The summed E-state index contributed by atoms with van der Waals surface area (Å²) in [7, 11) is -3.73.